The molecule has 3 rings (SSSR count). The number of hydrogen-bond acceptors (Lipinski definition) is 4. The molecule has 0 aliphatic carbocycles. The van der Waals surface area contributed by atoms with Gasteiger partial charge in [-0.15, -0.1) is 0 Å². The fourth-order valence-corrected chi connectivity index (χ4v) is 4.01. The standard InChI is InChI=1S/C23H33N3O/c1-3-18-16-20(21-10-9-11-23(24)25-21)22(27-2)17-19(18)12-15-26-13-7-5-4-6-8-14-26/h9-11,16-17H,3-8,12-15H2,1-2H3,(H2,24,25). The van der Waals surface area contributed by atoms with Gasteiger partial charge in [-0.2, -0.15) is 0 Å². The van der Waals surface area contributed by atoms with Gasteiger partial charge in [0, 0.05) is 12.1 Å². The second-order valence-electron chi connectivity index (χ2n) is 7.48. The quantitative estimate of drug-likeness (QED) is 0.803. The van der Waals surface area contributed by atoms with Crippen LogP contribution in [0, 0.1) is 0 Å². The Bertz CT molecular complexity index is 736. The molecule has 1 saturated heterocycles. The van der Waals surface area contributed by atoms with Crippen molar-refractivity contribution < 1.29 is 4.74 Å². The molecule has 0 unspecified atom stereocenters. The SMILES string of the molecule is CCc1cc(-c2cccc(N)n2)c(OC)cc1CCN1CCCCCCC1. The van der Waals surface area contributed by atoms with E-state index in [2.05, 4.69) is 28.9 Å². The summed E-state index contributed by atoms with van der Waals surface area (Å²) in [6.07, 6.45) is 8.93. The van der Waals surface area contributed by atoms with E-state index in [1.54, 1.807) is 7.11 Å². The van der Waals surface area contributed by atoms with Crippen molar-refractivity contribution in [2.24, 2.45) is 0 Å². The number of aryl methyl sites for hydroxylation is 1. The zero-order chi connectivity index (χ0) is 19.1. The van der Waals surface area contributed by atoms with E-state index in [4.69, 9.17) is 10.5 Å². The van der Waals surface area contributed by atoms with Crippen molar-refractivity contribution in [2.75, 3.05) is 32.5 Å². The molecule has 2 aromatic rings. The third kappa shape index (κ3) is 5.23. The van der Waals surface area contributed by atoms with E-state index in [1.165, 1.54) is 56.3 Å². The smallest absolute Gasteiger partial charge is 0.128 e. The van der Waals surface area contributed by atoms with Gasteiger partial charge in [-0.05, 0) is 74.2 Å². The zero-order valence-electron chi connectivity index (χ0n) is 16.8. The monoisotopic (exact) mass is 367 g/mol. The molecule has 0 bridgehead atoms. The lowest BCUT2D eigenvalue weighted by Gasteiger charge is -2.25. The number of aromatic nitrogens is 1. The van der Waals surface area contributed by atoms with Crippen LogP contribution in [0.2, 0.25) is 0 Å². The molecule has 0 spiro atoms. The molecule has 4 heteroatoms. The normalized spacial score (nSPS) is 15.9. The first-order chi connectivity index (χ1) is 13.2. The molecule has 1 aromatic carbocycles. The Morgan fingerprint density at radius 3 is 2.44 bits per heavy atom. The molecular formula is C23H33N3O. The number of likely N-dealkylation sites (tertiary alicyclic amines) is 1. The number of nitrogens with zero attached hydrogens (tertiary/aromatic N) is 2. The van der Waals surface area contributed by atoms with Gasteiger partial charge >= 0.3 is 0 Å². The van der Waals surface area contributed by atoms with Crippen LogP contribution in [-0.4, -0.2) is 36.6 Å². The second-order valence-corrected chi connectivity index (χ2v) is 7.48. The average molecular weight is 368 g/mol. The van der Waals surface area contributed by atoms with Crippen molar-refractivity contribution in [3.8, 4) is 17.0 Å². The number of hydrogen-bond donors (Lipinski definition) is 1. The van der Waals surface area contributed by atoms with Crippen LogP contribution in [0.1, 0.15) is 50.2 Å². The summed E-state index contributed by atoms with van der Waals surface area (Å²) in [5.41, 5.74) is 10.6. The maximum atomic E-state index is 5.88. The molecule has 4 nitrogen and oxygen atoms in total. The van der Waals surface area contributed by atoms with Crippen LogP contribution >= 0.6 is 0 Å². The summed E-state index contributed by atoms with van der Waals surface area (Å²) in [6, 6.07) is 10.2. The van der Waals surface area contributed by atoms with Gasteiger partial charge in [-0.25, -0.2) is 4.98 Å². The number of nitrogen functional groups attached to an aromatic ring is 1. The van der Waals surface area contributed by atoms with Gasteiger partial charge in [0.15, 0.2) is 0 Å². The lowest BCUT2D eigenvalue weighted by atomic mass is 9.96. The van der Waals surface area contributed by atoms with Crippen molar-refractivity contribution in [3.05, 3.63) is 41.5 Å². The molecule has 1 aliphatic heterocycles. The minimum Gasteiger partial charge on any atom is -0.496 e. The van der Waals surface area contributed by atoms with E-state index >= 15 is 0 Å². The van der Waals surface area contributed by atoms with Crippen LogP contribution in [0.25, 0.3) is 11.3 Å². The average Bonchev–Trinajstić information content (AvgIpc) is 2.66. The Morgan fingerprint density at radius 1 is 1.04 bits per heavy atom. The second kappa shape index (κ2) is 9.75. The summed E-state index contributed by atoms with van der Waals surface area (Å²) in [7, 11) is 1.73. The summed E-state index contributed by atoms with van der Waals surface area (Å²) < 4.78 is 5.71. The predicted octanol–water partition coefficient (Wildman–Crippen LogP) is 4.71. The molecule has 0 radical (unpaired) electrons. The molecule has 2 N–H and O–H groups in total. The Kier molecular flexibility index (Phi) is 7.11. The van der Waals surface area contributed by atoms with Crippen LogP contribution in [0.3, 0.4) is 0 Å². The zero-order valence-corrected chi connectivity index (χ0v) is 16.8. The Hall–Kier alpha value is -2.07. The summed E-state index contributed by atoms with van der Waals surface area (Å²) in [5, 5.41) is 0. The summed E-state index contributed by atoms with van der Waals surface area (Å²) in [4.78, 5) is 7.12. The van der Waals surface area contributed by atoms with Crippen LogP contribution in [-0.2, 0) is 12.8 Å². The minimum absolute atomic E-state index is 0.536. The van der Waals surface area contributed by atoms with Crippen LogP contribution < -0.4 is 10.5 Å². The molecule has 0 amide bonds. The summed E-state index contributed by atoms with van der Waals surface area (Å²) in [6.45, 7) is 5.83. The third-order valence-electron chi connectivity index (χ3n) is 5.60. The minimum atomic E-state index is 0.536. The molecule has 1 aliphatic rings. The lowest BCUT2D eigenvalue weighted by molar-refractivity contribution is 0.250. The largest absolute Gasteiger partial charge is 0.496 e. The predicted molar refractivity (Wildman–Crippen MR) is 113 cm³/mol. The van der Waals surface area contributed by atoms with Gasteiger partial charge in [-0.1, -0.05) is 32.3 Å². The van der Waals surface area contributed by atoms with Crippen LogP contribution in [0.5, 0.6) is 5.75 Å². The Morgan fingerprint density at radius 2 is 1.78 bits per heavy atom. The number of methoxy groups -OCH3 is 1. The Labute approximate surface area is 163 Å². The van der Waals surface area contributed by atoms with E-state index < -0.39 is 0 Å². The highest BCUT2D eigenvalue weighted by atomic mass is 16.5. The number of rotatable bonds is 6. The van der Waals surface area contributed by atoms with Crippen molar-refractivity contribution in [1.82, 2.24) is 9.88 Å². The highest BCUT2D eigenvalue weighted by Gasteiger charge is 2.14. The lowest BCUT2D eigenvalue weighted by Crippen LogP contribution is -2.29. The number of ether oxygens (including phenoxy) is 1. The fraction of sp³-hybridized carbons (Fsp3) is 0.522. The van der Waals surface area contributed by atoms with E-state index in [0.29, 0.717) is 5.82 Å². The molecule has 146 valence electrons. The van der Waals surface area contributed by atoms with Crippen LogP contribution in [0.15, 0.2) is 30.3 Å². The summed E-state index contributed by atoms with van der Waals surface area (Å²) in [5.74, 6) is 1.42. The molecular weight excluding hydrogens is 334 g/mol. The summed E-state index contributed by atoms with van der Waals surface area (Å²) >= 11 is 0. The van der Waals surface area contributed by atoms with Gasteiger partial charge in [0.2, 0.25) is 0 Å². The molecule has 1 aromatic heterocycles. The molecule has 0 saturated carbocycles. The molecule has 27 heavy (non-hydrogen) atoms. The first-order valence-corrected chi connectivity index (χ1v) is 10.4. The molecule has 1 fully saturated rings. The number of benzene rings is 1. The van der Waals surface area contributed by atoms with Gasteiger partial charge in [-0.3, -0.25) is 0 Å². The van der Waals surface area contributed by atoms with Gasteiger partial charge < -0.3 is 15.4 Å². The van der Waals surface area contributed by atoms with Crippen LogP contribution in [0.4, 0.5) is 5.82 Å². The highest BCUT2D eigenvalue weighted by molar-refractivity contribution is 5.70. The highest BCUT2D eigenvalue weighted by Crippen LogP contribution is 2.33. The van der Waals surface area contributed by atoms with E-state index in [9.17, 15) is 0 Å². The number of pyridine rings is 1. The van der Waals surface area contributed by atoms with Gasteiger partial charge in [0.1, 0.15) is 11.6 Å². The first-order valence-electron chi connectivity index (χ1n) is 10.4. The van der Waals surface area contributed by atoms with Gasteiger partial charge in [0.05, 0.1) is 12.8 Å². The van der Waals surface area contributed by atoms with E-state index in [1.807, 2.05) is 18.2 Å². The molecule has 0 atom stereocenters. The van der Waals surface area contributed by atoms with E-state index in [0.717, 1.165) is 36.4 Å². The maximum absolute atomic E-state index is 5.88. The molecule has 2 heterocycles. The van der Waals surface area contributed by atoms with E-state index in [-0.39, 0.29) is 0 Å². The Balaban J connectivity index is 1.81. The third-order valence-corrected chi connectivity index (χ3v) is 5.60. The van der Waals surface area contributed by atoms with Gasteiger partial charge in [0.25, 0.3) is 0 Å². The topological polar surface area (TPSA) is 51.4 Å². The van der Waals surface area contributed by atoms with Crippen molar-refractivity contribution in [1.29, 1.82) is 0 Å². The number of anilines is 1. The first kappa shape index (κ1) is 19.7. The fourth-order valence-electron chi connectivity index (χ4n) is 4.01. The van der Waals surface area contributed by atoms with Crippen molar-refractivity contribution in [2.45, 2.75) is 51.9 Å². The number of nitrogens with two attached hydrogens (primary N) is 1. The van der Waals surface area contributed by atoms with Crippen molar-refractivity contribution >= 4 is 5.82 Å². The maximum Gasteiger partial charge on any atom is 0.128 e. The van der Waals surface area contributed by atoms with Crippen molar-refractivity contribution in [3.63, 3.8) is 0 Å².